The van der Waals surface area contributed by atoms with E-state index in [-0.39, 0.29) is 0 Å². The van der Waals surface area contributed by atoms with Gasteiger partial charge in [0.05, 0.1) is 5.69 Å². The lowest BCUT2D eigenvalue weighted by Gasteiger charge is -2.06. The zero-order valence-electron chi connectivity index (χ0n) is 10.6. The van der Waals surface area contributed by atoms with Crippen LogP contribution in [-0.2, 0) is 6.54 Å². The quantitative estimate of drug-likeness (QED) is 0.879. The van der Waals surface area contributed by atoms with Crippen LogP contribution in [0.15, 0.2) is 30.3 Å². The van der Waals surface area contributed by atoms with Gasteiger partial charge in [0, 0.05) is 18.2 Å². The fraction of sp³-hybridized carbons (Fsp3) is 0.357. The van der Waals surface area contributed by atoms with Crippen LogP contribution in [-0.4, -0.2) is 9.78 Å². The van der Waals surface area contributed by atoms with Gasteiger partial charge in [-0.2, -0.15) is 5.10 Å². The first-order valence-corrected chi connectivity index (χ1v) is 5.96. The molecule has 3 heteroatoms. The summed E-state index contributed by atoms with van der Waals surface area (Å²) in [7, 11) is 0. The second kappa shape index (κ2) is 4.62. The summed E-state index contributed by atoms with van der Waals surface area (Å²) in [4.78, 5) is 0. The number of nitrogen functional groups attached to an aromatic ring is 1. The lowest BCUT2D eigenvalue weighted by atomic mass is 10.1. The highest BCUT2D eigenvalue weighted by atomic mass is 15.3. The molecular weight excluding hydrogens is 210 g/mol. The van der Waals surface area contributed by atoms with Crippen molar-refractivity contribution in [3.63, 3.8) is 0 Å². The first kappa shape index (κ1) is 11.7. The molecule has 0 saturated heterocycles. The third kappa shape index (κ3) is 2.67. The van der Waals surface area contributed by atoms with Crippen molar-refractivity contribution in [2.24, 2.45) is 5.92 Å². The molecular formula is C14H19N3. The molecule has 17 heavy (non-hydrogen) atoms. The minimum Gasteiger partial charge on any atom is -0.384 e. The smallest absolute Gasteiger partial charge is 0.122 e. The van der Waals surface area contributed by atoms with E-state index in [2.05, 4.69) is 44.1 Å². The van der Waals surface area contributed by atoms with E-state index in [1.165, 1.54) is 5.56 Å². The van der Waals surface area contributed by atoms with Gasteiger partial charge in [-0.25, -0.2) is 4.68 Å². The third-order valence-corrected chi connectivity index (χ3v) is 2.66. The molecule has 0 aliphatic rings. The Balaban J connectivity index is 2.34. The lowest BCUT2D eigenvalue weighted by Crippen LogP contribution is -2.09. The van der Waals surface area contributed by atoms with E-state index in [0.717, 1.165) is 23.6 Å². The maximum absolute atomic E-state index is 5.97. The molecule has 0 aliphatic carbocycles. The molecule has 1 aromatic heterocycles. The Labute approximate surface area is 102 Å². The van der Waals surface area contributed by atoms with Crippen molar-refractivity contribution in [3.8, 4) is 11.3 Å². The monoisotopic (exact) mass is 229 g/mol. The molecule has 90 valence electrons. The van der Waals surface area contributed by atoms with Crippen LogP contribution in [0.5, 0.6) is 0 Å². The van der Waals surface area contributed by atoms with Gasteiger partial charge >= 0.3 is 0 Å². The Hall–Kier alpha value is -1.77. The summed E-state index contributed by atoms with van der Waals surface area (Å²) in [5.74, 6) is 1.28. The first-order chi connectivity index (χ1) is 8.06. The van der Waals surface area contributed by atoms with Crippen LogP contribution in [0.1, 0.15) is 19.4 Å². The van der Waals surface area contributed by atoms with Crippen LogP contribution >= 0.6 is 0 Å². The van der Waals surface area contributed by atoms with Crippen LogP contribution in [0, 0.1) is 12.8 Å². The number of aromatic nitrogens is 2. The average Bonchev–Trinajstić information content (AvgIpc) is 2.59. The van der Waals surface area contributed by atoms with Crippen molar-refractivity contribution in [2.45, 2.75) is 27.3 Å². The zero-order valence-corrected chi connectivity index (χ0v) is 10.6. The van der Waals surface area contributed by atoms with Gasteiger partial charge in [-0.15, -0.1) is 0 Å². The fourth-order valence-electron chi connectivity index (χ4n) is 1.87. The Morgan fingerprint density at radius 3 is 2.71 bits per heavy atom. The molecule has 2 N–H and O–H groups in total. The largest absolute Gasteiger partial charge is 0.384 e. The minimum atomic E-state index is 0.544. The Kier molecular flexibility index (Phi) is 3.18. The van der Waals surface area contributed by atoms with Crippen molar-refractivity contribution in [1.82, 2.24) is 9.78 Å². The molecule has 0 spiro atoms. The van der Waals surface area contributed by atoms with Crippen LogP contribution < -0.4 is 5.73 Å². The molecule has 2 rings (SSSR count). The molecule has 3 nitrogen and oxygen atoms in total. The molecule has 2 aromatic rings. The van der Waals surface area contributed by atoms with E-state index < -0.39 is 0 Å². The first-order valence-electron chi connectivity index (χ1n) is 5.96. The van der Waals surface area contributed by atoms with Crippen LogP contribution in [0.25, 0.3) is 11.3 Å². The molecule has 0 unspecified atom stereocenters. The van der Waals surface area contributed by atoms with E-state index >= 15 is 0 Å². The van der Waals surface area contributed by atoms with Gasteiger partial charge < -0.3 is 5.73 Å². The second-order valence-corrected chi connectivity index (χ2v) is 4.90. The van der Waals surface area contributed by atoms with Gasteiger partial charge in [0.2, 0.25) is 0 Å². The maximum Gasteiger partial charge on any atom is 0.122 e. The van der Waals surface area contributed by atoms with Gasteiger partial charge in [0.15, 0.2) is 0 Å². The summed E-state index contributed by atoms with van der Waals surface area (Å²) in [5, 5.41) is 4.55. The molecule has 1 aromatic carbocycles. The third-order valence-electron chi connectivity index (χ3n) is 2.66. The van der Waals surface area contributed by atoms with Gasteiger partial charge in [0.25, 0.3) is 0 Å². The maximum atomic E-state index is 5.97. The Morgan fingerprint density at radius 2 is 2.06 bits per heavy atom. The van der Waals surface area contributed by atoms with Crippen molar-refractivity contribution in [2.75, 3.05) is 5.73 Å². The van der Waals surface area contributed by atoms with Crippen LogP contribution in [0.4, 0.5) is 5.82 Å². The van der Waals surface area contributed by atoms with Crippen molar-refractivity contribution < 1.29 is 0 Å². The molecule has 0 radical (unpaired) electrons. The van der Waals surface area contributed by atoms with Crippen molar-refractivity contribution >= 4 is 5.82 Å². The summed E-state index contributed by atoms with van der Waals surface area (Å²) < 4.78 is 1.88. The Morgan fingerprint density at radius 1 is 1.29 bits per heavy atom. The van der Waals surface area contributed by atoms with Crippen molar-refractivity contribution in [3.05, 3.63) is 35.9 Å². The summed E-state index contributed by atoms with van der Waals surface area (Å²) >= 11 is 0. The van der Waals surface area contributed by atoms with Crippen LogP contribution in [0.2, 0.25) is 0 Å². The standard InChI is InChI=1S/C14H19N3/c1-10(2)9-17-14(15)8-13(16-17)12-6-4-5-11(3)7-12/h4-8,10H,9,15H2,1-3H3. The molecule has 0 fully saturated rings. The number of rotatable bonds is 3. The molecule has 0 aliphatic heterocycles. The molecule has 0 atom stereocenters. The van der Waals surface area contributed by atoms with E-state index in [1.54, 1.807) is 0 Å². The zero-order chi connectivity index (χ0) is 12.4. The SMILES string of the molecule is Cc1cccc(-c2cc(N)n(CC(C)C)n2)c1. The van der Waals surface area contributed by atoms with Crippen molar-refractivity contribution in [1.29, 1.82) is 0 Å². The summed E-state index contributed by atoms with van der Waals surface area (Å²) in [6.07, 6.45) is 0. The van der Waals surface area contributed by atoms with Gasteiger partial charge in [-0.05, 0) is 18.9 Å². The predicted octanol–water partition coefficient (Wildman–Crippen LogP) is 3.10. The number of hydrogen-bond donors (Lipinski definition) is 1. The van der Waals surface area contributed by atoms with E-state index in [9.17, 15) is 0 Å². The highest BCUT2D eigenvalue weighted by Gasteiger charge is 2.08. The fourth-order valence-corrected chi connectivity index (χ4v) is 1.87. The summed E-state index contributed by atoms with van der Waals surface area (Å²) in [6.45, 7) is 7.26. The average molecular weight is 229 g/mol. The predicted molar refractivity (Wildman–Crippen MR) is 71.7 cm³/mol. The summed E-state index contributed by atoms with van der Waals surface area (Å²) in [6, 6.07) is 10.3. The number of aryl methyl sites for hydroxylation is 1. The van der Waals surface area contributed by atoms with E-state index in [1.807, 2.05) is 16.8 Å². The number of hydrogen-bond acceptors (Lipinski definition) is 2. The normalized spacial score (nSPS) is 11.1. The van der Waals surface area contributed by atoms with Crippen LogP contribution in [0.3, 0.4) is 0 Å². The van der Waals surface area contributed by atoms with Gasteiger partial charge in [-0.3, -0.25) is 0 Å². The second-order valence-electron chi connectivity index (χ2n) is 4.90. The molecule has 1 heterocycles. The van der Waals surface area contributed by atoms with Gasteiger partial charge in [0.1, 0.15) is 5.82 Å². The molecule has 0 amide bonds. The number of nitrogens with two attached hydrogens (primary N) is 1. The topological polar surface area (TPSA) is 43.8 Å². The van der Waals surface area contributed by atoms with Gasteiger partial charge in [-0.1, -0.05) is 37.6 Å². The number of nitrogens with zero attached hydrogens (tertiary/aromatic N) is 2. The minimum absolute atomic E-state index is 0.544. The molecule has 0 saturated carbocycles. The highest BCUT2D eigenvalue weighted by molar-refractivity contribution is 5.62. The molecule has 0 bridgehead atoms. The van der Waals surface area contributed by atoms with E-state index in [4.69, 9.17) is 5.73 Å². The van der Waals surface area contributed by atoms with E-state index in [0.29, 0.717) is 5.92 Å². The number of anilines is 1. The number of benzene rings is 1. The highest BCUT2D eigenvalue weighted by Crippen LogP contribution is 2.21. The summed E-state index contributed by atoms with van der Waals surface area (Å²) in [5.41, 5.74) is 9.28. The lowest BCUT2D eigenvalue weighted by molar-refractivity contribution is 0.489. The Bertz CT molecular complexity index is 512.